The van der Waals surface area contributed by atoms with E-state index in [1.165, 1.54) is 6.08 Å². The van der Waals surface area contributed by atoms with Gasteiger partial charge in [0.15, 0.2) is 11.5 Å². The van der Waals surface area contributed by atoms with Crippen LogP contribution in [0.5, 0.6) is 11.5 Å². The quantitative estimate of drug-likeness (QED) is 0.287. The van der Waals surface area contributed by atoms with Gasteiger partial charge < -0.3 is 14.2 Å². The van der Waals surface area contributed by atoms with Crippen molar-refractivity contribution in [1.29, 1.82) is 0 Å². The molecule has 0 N–H and O–H groups in total. The molecule has 8 heteroatoms. The van der Waals surface area contributed by atoms with E-state index < -0.39 is 5.97 Å². The number of esters is 1. The van der Waals surface area contributed by atoms with E-state index in [0.29, 0.717) is 23.7 Å². The van der Waals surface area contributed by atoms with Crippen molar-refractivity contribution in [3.8, 4) is 28.4 Å². The molecule has 0 saturated heterocycles. The Labute approximate surface area is 191 Å². The molecule has 0 amide bonds. The molecule has 0 atom stereocenters. The number of methoxy groups -OCH3 is 2. The lowest BCUT2D eigenvalue weighted by molar-refractivity contribution is -0.138. The molecule has 0 unspecified atom stereocenters. The summed E-state index contributed by atoms with van der Waals surface area (Å²) >= 11 is 0. The minimum absolute atomic E-state index is 0.233. The number of rotatable bonds is 9. The predicted molar refractivity (Wildman–Crippen MR) is 124 cm³/mol. The van der Waals surface area contributed by atoms with Gasteiger partial charge in [0.1, 0.15) is 12.3 Å². The minimum Gasteiger partial charge on any atom is -0.493 e. The van der Waals surface area contributed by atoms with E-state index in [0.717, 1.165) is 16.8 Å². The predicted octanol–water partition coefficient (Wildman–Crippen LogP) is 4.01. The molecular weight excluding hydrogens is 420 g/mol. The zero-order valence-electron chi connectivity index (χ0n) is 18.4. The van der Waals surface area contributed by atoms with Gasteiger partial charge in [0.25, 0.3) is 0 Å². The Balaban J connectivity index is 1.60. The van der Waals surface area contributed by atoms with Crippen LogP contribution in [0.3, 0.4) is 0 Å². The molecule has 4 rings (SSSR count). The number of hydrogen-bond donors (Lipinski definition) is 0. The standard InChI is InChI=1S/C25H24N4O4/c1-31-22-11-9-19(17-23(22)32-2)25-20(18-29(27-25)21-7-4-3-5-8-21)10-12-24(30)33-16-15-28-14-6-13-26-28/h3-14,17-18H,15-16H2,1-2H3/b12-10+. The molecule has 0 spiro atoms. The van der Waals surface area contributed by atoms with E-state index in [4.69, 9.17) is 19.3 Å². The lowest BCUT2D eigenvalue weighted by Crippen LogP contribution is -2.09. The smallest absolute Gasteiger partial charge is 0.330 e. The summed E-state index contributed by atoms with van der Waals surface area (Å²) in [5.41, 5.74) is 3.19. The third kappa shape index (κ3) is 5.30. The second-order valence-electron chi connectivity index (χ2n) is 7.05. The topological polar surface area (TPSA) is 80.4 Å². The molecule has 0 fully saturated rings. The maximum Gasteiger partial charge on any atom is 0.330 e. The summed E-state index contributed by atoms with van der Waals surface area (Å²) in [5, 5.41) is 8.85. The second-order valence-corrected chi connectivity index (χ2v) is 7.05. The largest absolute Gasteiger partial charge is 0.493 e. The normalized spacial score (nSPS) is 11.0. The summed E-state index contributed by atoms with van der Waals surface area (Å²) in [6.45, 7) is 0.728. The summed E-state index contributed by atoms with van der Waals surface area (Å²) in [6, 6.07) is 17.2. The van der Waals surface area contributed by atoms with Crippen molar-refractivity contribution in [2.24, 2.45) is 0 Å². The minimum atomic E-state index is -0.437. The van der Waals surface area contributed by atoms with Crippen LogP contribution in [0.25, 0.3) is 23.0 Å². The average Bonchev–Trinajstić information content (AvgIpc) is 3.53. The molecule has 0 aliphatic carbocycles. The molecule has 2 heterocycles. The van der Waals surface area contributed by atoms with Crippen LogP contribution in [0.1, 0.15) is 5.56 Å². The van der Waals surface area contributed by atoms with Crippen molar-refractivity contribution in [3.63, 3.8) is 0 Å². The summed E-state index contributed by atoms with van der Waals surface area (Å²) in [4.78, 5) is 12.3. The lowest BCUT2D eigenvalue weighted by Gasteiger charge is -2.09. The third-order valence-corrected chi connectivity index (χ3v) is 4.94. The molecular formula is C25H24N4O4. The highest BCUT2D eigenvalue weighted by atomic mass is 16.5. The highest BCUT2D eigenvalue weighted by molar-refractivity contribution is 5.88. The van der Waals surface area contributed by atoms with E-state index in [1.54, 1.807) is 35.9 Å². The molecule has 0 aliphatic heterocycles. The fourth-order valence-electron chi connectivity index (χ4n) is 3.31. The molecule has 2 aromatic heterocycles. The average molecular weight is 444 g/mol. The first kappa shape index (κ1) is 21.9. The molecule has 8 nitrogen and oxygen atoms in total. The number of para-hydroxylation sites is 1. The summed E-state index contributed by atoms with van der Waals surface area (Å²) in [7, 11) is 3.18. The Kier molecular flexibility index (Phi) is 6.84. The van der Waals surface area contributed by atoms with Crippen LogP contribution < -0.4 is 9.47 Å². The molecule has 0 saturated carbocycles. The number of benzene rings is 2. The highest BCUT2D eigenvalue weighted by Gasteiger charge is 2.14. The third-order valence-electron chi connectivity index (χ3n) is 4.94. The first-order valence-corrected chi connectivity index (χ1v) is 10.4. The Bertz CT molecular complexity index is 1230. The molecule has 0 bridgehead atoms. The van der Waals surface area contributed by atoms with Crippen molar-refractivity contribution >= 4 is 12.0 Å². The maximum atomic E-state index is 12.3. The van der Waals surface area contributed by atoms with Crippen molar-refractivity contribution in [2.75, 3.05) is 20.8 Å². The van der Waals surface area contributed by atoms with Gasteiger partial charge in [-0.25, -0.2) is 9.48 Å². The summed E-state index contributed by atoms with van der Waals surface area (Å²) in [5.74, 6) is 0.784. The van der Waals surface area contributed by atoms with Gasteiger partial charge in [0, 0.05) is 35.8 Å². The van der Waals surface area contributed by atoms with Gasteiger partial charge in [-0.3, -0.25) is 4.68 Å². The van der Waals surface area contributed by atoms with E-state index in [9.17, 15) is 4.79 Å². The lowest BCUT2D eigenvalue weighted by atomic mass is 10.1. The van der Waals surface area contributed by atoms with E-state index in [2.05, 4.69) is 5.10 Å². The fraction of sp³-hybridized carbons (Fsp3) is 0.160. The molecule has 168 valence electrons. The number of ether oxygens (including phenoxy) is 3. The number of carbonyl (C=O) groups excluding carboxylic acids is 1. The SMILES string of the molecule is COc1ccc(-c2nn(-c3ccccc3)cc2/C=C/C(=O)OCCn2cccn2)cc1OC. The van der Waals surface area contributed by atoms with E-state index >= 15 is 0 Å². The number of carbonyl (C=O) groups is 1. The van der Waals surface area contributed by atoms with E-state index in [-0.39, 0.29) is 6.61 Å². The van der Waals surface area contributed by atoms with Gasteiger partial charge in [-0.1, -0.05) is 18.2 Å². The van der Waals surface area contributed by atoms with Gasteiger partial charge in [0.2, 0.25) is 0 Å². The van der Waals surface area contributed by atoms with Crippen LogP contribution in [0.4, 0.5) is 0 Å². The zero-order chi connectivity index (χ0) is 23.0. The maximum absolute atomic E-state index is 12.3. The van der Waals surface area contributed by atoms with Crippen molar-refractivity contribution in [3.05, 3.63) is 84.8 Å². The highest BCUT2D eigenvalue weighted by Crippen LogP contribution is 2.33. The number of nitrogens with zero attached hydrogens (tertiary/aromatic N) is 4. The molecule has 33 heavy (non-hydrogen) atoms. The molecule has 0 radical (unpaired) electrons. The van der Waals surface area contributed by atoms with Gasteiger partial charge in [-0.15, -0.1) is 0 Å². The molecule has 2 aromatic carbocycles. The van der Waals surface area contributed by atoms with Crippen molar-refractivity contribution in [1.82, 2.24) is 19.6 Å². The Morgan fingerprint density at radius 3 is 2.58 bits per heavy atom. The Hall–Kier alpha value is -4.33. The van der Waals surface area contributed by atoms with Gasteiger partial charge in [-0.05, 0) is 42.5 Å². The van der Waals surface area contributed by atoms with E-state index in [1.807, 2.05) is 67.0 Å². The van der Waals surface area contributed by atoms with Gasteiger partial charge >= 0.3 is 5.97 Å². The zero-order valence-corrected chi connectivity index (χ0v) is 18.4. The number of hydrogen-bond acceptors (Lipinski definition) is 6. The summed E-state index contributed by atoms with van der Waals surface area (Å²) < 4.78 is 19.6. The first-order valence-electron chi connectivity index (χ1n) is 10.4. The van der Waals surface area contributed by atoms with Crippen LogP contribution in [-0.4, -0.2) is 46.4 Å². The van der Waals surface area contributed by atoms with Crippen LogP contribution >= 0.6 is 0 Å². The first-order chi connectivity index (χ1) is 16.2. The number of aromatic nitrogens is 4. The molecule has 4 aromatic rings. The van der Waals surface area contributed by atoms with Crippen LogP contribution in [0.2, 0.25) is 0 Å². The van der Waals surface area contributed by atoms with Gasteiger partial charge in [-0.2, -0.15) is 10.2 Å². The van der Waals surface area contributed by atoms with Crippen LogP contribution in [-0.2, 0) is 16.1 Å². The van der Waals surface area contributed by atoms with Crippen molar-refractivity contribution in [2.45, 2.75) is 6.54 Å². The molecule has 0 aliphatic rings. The Morgan fingerprint density at radius 2 is 1.85 bits per heavy atom. The Morgan fingerprint density at radius 1 is 1.03 bits per heavy atom. The second kappa shape index (κ2) is 10.3. The van der Waals surface area contributed by atoms with Gasteiger partial charge in [0.05, 0.1) is 26.5 Å². The fourth-order valence-corrected chi connectivity index (χ4v) is 3.31. The van der Waals surface area contributed by atoms with Crippen molar-refractivity contribution < 1.29 is 19.0 Å². The monoisotopic (exact) mass is 444 g/mol. The van der Waals surface area contributed by atoms with Crippen LogP contribution in [0, 0.1) is 0 Å². The summed E-state index contributed by atoms with van der Waals surface area (Å²) in [6.07, 6.45) is 8.47. The van der Waals surface area contributed by atoms with Crippen LogP contribution in [0.15, 0.2) is 79.3 Å².